The Hall–Kier alpha value is -9.44. The summed E-state index contributed by atoms with van der Waals surface area (Å²) in [6.45, 7) is 39.6. The minimum atomic E-state index is -2.25. The van der Waals surface area contributed by atoms with Crippen LogP contribution in [0.1, 0.15) is 125 Å². The molecule has 2 saturated heterocycles. The second-order valence-electron chi connectivity index (χ2n) is 29.7. The van der Waals surface area contributed by atoms with Crippen molar-refractivity contribution in [2.75, 3.05) is 82.9 Å². The van der Waals surface area contributed by atoms with Gasteiger partial charge in [-0.2, -0.15) is 0 Å². The number of benzene rings is 5. The topological polar surface area (TPSA) is 269 Å². The molecule has 0 bridgehead atoms. The Kier molecular flexibility index (Phi) is 26.3. The first kappa shape index (κ1) is 79.3. The van der Waals surface area contributed by atoms with Gasteiger partial charge in [0.2, 0.25) is 11.8 Å². The van der Waals surface area contributed by atoms with Crippen LogP contribution in [0.15, 0.2) is 134 Å². The van der Waals surface area contributed by atoms with Crippen LogP contribution in [0.2, 0.25) is 36.3 Å². The highest BCUT2D eigenvalue weighted by molar-refractivity contribution is 6.74. The largest absolute Gasteiger partial charge is 0.493 e. The molecule has 0 saturated carbocycles. The standard InChI is InChI=1S/C78H103N7O16Si2/c1-19-33-97-76(92)83-69(48(2)3)71(87)79-51(6)70(86)80-53-31-29-52(30-32-53)44-98-74(90)81-63-40-67(65(93-13)38-60(63)72(88)84-42-49(4)36-54(84)45-100-102(15,16)77(7,8)9)95-34-24-35-96-68-41-64(82-75(91)99-47-62-58-27-22-20-25-56(58)57-26-21-23-28-59(57)62)61(39-66(68)94-14)73(89)85-43-50(5)37-55(85)46-101-103(17,18)78(10,11)12/h19-23,25-32,38-41,48,51,54-55,62,69H,1,4-5,24,33-37,42-47H2,2-3,6-18H3,(H,79,87)(H,80,86)(H,81,90)(H,82,91)(H,83,92)/t51-,54-,55-,69-/m0/s1. The smallest absolute Gasteiger partial charge is 0.411 e. The SMILES string of the molecule is C=CCOC(=O)N[C@H](C(=O)N[C@@H](C)C(=O)Nc1ccc(COC(=O)Nc2cc(OCCCOc3cc(NC(=O)OCC4c5ccccc5-c5ccccc54)c(C(=O)N4CC(=C)C[C@H]4CO[Si](C)(C)C(C)(C)C)cc3OC)c(OC)cc2C(=O)N2CC(=C)C[C@H]2CO[Si](C)(C)C(C)(C)C)cc1)C(C)C. The number of carbonyl (C=O) groups excluding carboxylic acids is 7. The molecule has 0 spiro atoms. The average molecular weight is 1450 g/mol. The molecule has 2 aliphatic heterocycles. The van der Waals surface area contributed by atoms with E-state index in [2.05, 4.69) is 126 Å². The van der Waals surface area contributed by atoms with E-state index in [4.69, 9.17) is 42.0 Å². The van der Waals surface area contributed by atoms with Crippen molar-refractivity contribution in [1.29, 1.82) is 0 Å². The third-order valence-electron chi connectivity index (χ3n) is 19.7. The molecular weight excluding hydrogens is 1350 g/mol. The average Bonchev–Trinajstić information content (AvgIpc) is 1.59. The molecule has 0 aromatic heterocycles. The van der Waals surface area contributed by atoms with Crippen molar-refractivity contribution in [3.63, 3.8) is 0 Å². The van der Waals surface area contributed by atoms with E-state index in [-0.39, 0.29) is 145 Å². The van der Waals surface area contributed by atoms with Crippen molar-refractivity contribution in [2.45, 2.75) is 155 Å². The molecule has 5 aromatic rings. The fraction of sp³-hybridized carbons (Fsp3) is 0.449. The maximum atomic E-state index is 15.0. The van der Waals surface area contributed by atoms with Gasteiger partial charge in [-0.1, -0.05) is 153 Å². The van der Waals surface area contributed by atoms with Gasteiger partial charge in [0.05, 0.1) is 75.2 Å². The predicted octanol–water partition coefficient (Wildman–Crippen LogP) is 14.6. The number of nitrogens with one attached hydrogen (secondary N) is 5. The molecule has 5 N–H and O–H groups in total. The highest BCUT2D eigenvalue weighted by Gasteiger charge is 2.43. The number of carbonyl (C=O) groups is 7. The molecule has 2 fully saturated rings. The molecule has 5 aromatic carbocycles. The van der Waals surface area contributed by atoms with Crippen molar-refractivity contribution in [3.8, 4) is 34.1 Å². The van der Waals surface area contributed by atoms with E-state index >= 15 is 4.79 Å². The summed E-state index contributed by atoms with van der Waals surface area (Å²) in [5.41, 5.74) is 7.33. The number of rotatable bonds is 30. The van der Waals surface area contributed by atoms with Gasteiger partial charge in [0.25, 0.3) is 11.8 Å². The highest BCUT2D eigenvalue weighted by atomic mass is 28.4. The van der Waals surface area contributed by atoms with Crippen LogP contribution in [-0.2, 0) is 39.3 Å². The summed E-state index contributed by atoms with van der Waals surface area (Å²) in [5.74, 6) is -1.63. The van der Waals surface area contributed by atoms with Crippen molar-refractivity contribution >= 4 is 75.6 Å². The second-order valence-corrected chi connectivity index (χ2v) is 39.3. The van der Waals surface area contributed by atoms with E-state index in [1.807, 2.05) is 36.4 Å². The number of hydrogen-bond donors (Lipinski definition) is 5. The molecule has 2 heterocycles. The molecule has 554 valence electrons. The molecule has 23 nitrogen and oxygen atoms in total. The fourth-order valence-electron chi connectivity index (χ4n) is 11.7. The summed E-state index contributed by atoms with van der Waals surface area (Å²) in [6, 6.07) is 26.1. The lowest BCUT2D eigenvalue weighted by molar-refractivity contribution is -0.128. The first-order valence-corrected chi connectivity index (χ1v) is 40.7. The third-order valence-corrected chi connectivity index (χ3v) is 28.7. The van der Waals surface area contributed by atoms with Crippen LogP contribution in [0.4, 0.5) is 31.4 Å². The molecule has 4 atom stereocenters. The van der Waals surface area contributed by atoms with E-state index in [0.717, 1.165) is 33.4 Å². The monoisotopic (exact) mass is 1450 g/mol. The number of amides is 7. The van der Waals surface area contributed by atoms with Gasteiger partial charge in [0.15, 0.2) is 39.6 Å². The van der Waals surface area contributed by atoms with Gasteiger partial charge in [-0.3, -0.25) is 29.8 Å². The lowest BCUT2D eigenvalue weighted by Gasteiger charge is -2.38. The van der Waals surface area contributed by atoms with E-state index in [0.29, 0.717) is 30.7 Å². The Balaban J connectivity index is 0.987. The normalized spacial score (nSPS) is 15.8. The number of methoxy groups -OCH3 is 2. The summed E-state index contributed by atoms with van der Waals surface area (Å²) < 4.78 is 54.6. The van der Waals surface area contributed by atoms with Crippen molar-refractivity contribution in [1.82, 2.24) is 20.4 Å². The Morgan fingerprint density at radius 1 is 0.573 bits per heavy atom. The van der Waals surface area contributed by atoms with Crippen LogP contribution >= 0.6 is 0 Å². The first-order chi connectivity index (χ1) is 48.6. The number of anilines is 3. The van der Waals surface area contributed by atoms with Gasteiger partial charge in [-0.05, 0) is 114 Å². The first-order valence-electron chi connectivity index (χ1n) is 34.9. The Morgan fingerprint density at radius 3 is 1.49 bits per heavy atom. The third kappa shape index (κ3) is 20.1. The van der Waals surface area contributed by atoms with Crippen LogP contribution < -0.4 is 45.5 Å². The minimum Gasteiger partial charge on any atom is -0.493 e. The van der Waals surface area contributed by atoms with Crippen LogP contribution in [0.3, 0.4) is 0 Å². The van der Waals surface area contributed by atoms with Crippen molar-refractivity contribution < 1.29 is 75.6 Å². The van der Waals surface area contributed by atoms with Crippen LogP contribution in [0, 0.1) is 5.92 Å². The van der Waals surface area contributed by atoms with E-state index < -0.39 is 64.7 Å². The molecule has 0 radical (unpaired) electrons. The molecule has 0 unspecified atom stereocenters. The van der Waals surface area contributed by atoms with Crippen molar-refractivity contribution in [3.05, 3.63) is 162 Å². The Labute approximate surface area is 608 Å². The number of fused-ring (bicyclic) bond motifs is 3. The lowest BCUT2D eigenvalue weighted by Crippen LogP contribution is -2.53. The molecule has 1 aliphatic carbocycles. The maximum absolute atomic E-state index is 15.0. The zero-order chi connectivity index (χ0) is 75.3. The number of ether oxygens (including phenoxy) is 7. The maximum Gasteiger partial charge on any atom is 0.411 e. The van der Waals surface area contributed by atoms with E-state index in [9.17, 15) is 28.8 Å². The second kappa shape index (κ2) is 34.2. The summed E-state index contributed by atoms with van der Waals surface area (Å²) in [4.78, 5) is 100. The van der Waals surface area contributed by atoms with E-state index in [1.54, 1.807) is 60.0 Å². The van der Waals surface area contributed by atoms with Gasteiger partial charge >= 0.3 is 18.3 Å². The fourth-order valence-corrected chi connectivity index (χ4v) is 13.8. The summed E-state index contributed by atoms with van der Waals surface area (Å²) in [5, 5.41) is 13.4. The Bertz CT molecular complexity index is 3910. The van der Waals surface area contributed by atoms with Gasteiger partial charge in [-0.25, -0.2) is 14.4 Å². The van der Waals surface area contributed by atoms with Crippen LogP contribution in [-0.4, -0.2) is 159 Å². The van der Waals surface area contributed by atoms with E-state index in [1.165, 1.54) is 39.4 Å². The molecule has 25 heteroatoms. The zero-order valence-electron chi connectivity index (χ0n) is 62.3. The number of alkyl carbamates (subject to hydrolysis) is 1. The Morgan fingerprint density at radius 2 is 1.04 bits per heavy atom. The lowest BCUT2D eigenvalue weighted by atomic mass is 9.98. The number of hydrogen-bond acceptors (Lipinski definition) is 16. The number of likely N-dealkylation sites (tertiary alicyclic amines) is 2. The molecule has 8 rings (SSSR count). The molecular formula is C78H103N7O16Si2. The molecule has 103 heavy (non-hydrogen) atoms. The van der Waals surface area contributed by atoms with Gasteiger partial charge < -0.3 is 67.8 Å². The molecule has 7 amide bonds. The minimum absolute atomic E-state index is 0.0298. The van der Waals surface area contributed by atoms with Gasteiger partial charge in [0.1, 0.15) is 31.9 Å². The highest BCUT2D eigenvalue weighted by Crippen LogP contribution is 2.46. The van der Waals surface area contributed by atoms with Gasteiger partial charge in [-0.15, -0.1) is 0 Å². The van der Waals surface area contributed by atoms with Crippen LogP contribution in [0.5, 0.6) is 23.0 Å². The van der Waals surface area contributed by atoms with Gasteiger partial charge in [0, 0.05) is 43.2 Å². The summed E-state index contributed by atoms with van der Waals surface area (Å²) >= 11 is 0. The summed E-state index contributed by atoms with van der Waals surface area (Å²) in [7, 11) is -1.56. The quantitative estimate of drug-likeness (QED) is 0.0124. The predicted molar refractivity (Wildman–Crippen MR) is 404 cm³/mol. The molecule has 3 aliphatic rings. The summed E-state index contributed by atoms with van der Waals surface area (Å²) in [6.07, 6.45) is 0.249. The zero-order valence-corrected chi connectivity index (χ0v) is 64.3. The van der Waals surface area contributed by atoms with Crippen molar-refractivity contribution in [2.24, 2.45) is 5.92 Å². The number of nitrogens with zero attached hydrogens (tertiary/aromatic N) is 2. The van der Waals surface area contributed by atoms with Crippen LogP contribution in [0.25, 0.3) is 11.1 Å².